The zero-order chi connectivity index (χ0) is 17.6. The van der Waals surface area contributed by atoms with E-state index < -0.39 is 10.0 Å². The summed E-state index contributed by atoms with van der Waals surface area (Å²) in [6.45, 7) is 5.26. The average Bonchev–Trinajstić information content (AvgIpc) is 2.86. The van der Waals surface area contributed by atoms with Crippen LogP contribution in [-0.4, -0.2) is 36.5 Å². The van der Waals surface area contributed by atoms with Crippen LogP contribution in [-0.2, 0) is 21.9 Å². The fourth-order valence-corrected chi connectivity index (χ4v) is 4.60. The van der Waals surface area contributed by atoms with Crippen LogP contribution in [0.15, 0.2) is 35.5 Å². The number of amides is 1. The van der Waals surface area contributed by atoms with Crippen molar-refractivity contribution in [2.24, 2.45) is 7.05 Å². The quantitative estimate of drug-likeness (QED) is 0.827. The van der Waals surface area contributed by atoms with Crippen molar-refractivity contribution in [3.05, 3.63) is 36.3 Å². The van der Waals surface area contributed by atoms with Crippen molar-refractivity contribution in [1.29, 1.82) is 0 Å². The summed E-state index contributed by atoms with van der Waals surface area (Å²) in [5, 5.41) is 0.0146. The predicted octanol–water partition coefficient (Wildman–Crippen LogP) is 1.68. The highest BCUT2D eigenvalue weighted by Gasteiger charge is 2.37. The zero-order valence-electron chi connectivity index (χ0n) is 14.1. The van der Waals surface area contributed by atoms with Crippen LogP contribution < -0.4 is 9.21 Å². The van der Waals surface area contributed by atoms with E-state index in [0.717, 1.165) is 0 Å². The van der Waals surface area contributed by atoms with Gasteiger partial charge in [0.25, 0.3) is 10.0 Å². The minimum absolute atomic E-state index is 0.0146. The Balaban J connectivity index is 2.15. The van der Waals surface area contributed by atoms with Gasteiger partial charge in [-0.05, 0) is 26.0 Å². The lowest BCUT2D eigenvalue weighted by Gasteiger charge is -2.40. The highest BCUT2D eigenvalue weighted by atomic mass is 32.2. The minimum atomic E-state index is -3.80. The Labute approximate surface area is 141 Å². The number of para-hydroxylation sites is 2. The molecule has 0 radical (unpaired) electrons. The van der Waals surface area contributed by atoms with E-state index in [1.165, 1.54) is 17.4 Å². The summed E-state index contributed by atoms with van der Waals surface area (Å²) in [6, 6.07) is 6.77. The van der Waals surface area contributed by atoms with Crippen LogP contribution in [0.3, 0.4) is 0 Å². The van der Waals surface area contributed by atoms with Crippen LogP contribution in [0.5, 0.6) is 0 Å². The first-order valence-electron chi connectivity index (χ1n) is 7.65. The molecule has 0 fully saturated rings. The highest BCUT2D eigenvalue weighted by Crippen LogP contribution is 2.38. The van der Waals surface area contributed by atoms with E-state index >= 15 is 0 Å². The van der Waals surface area contributed by atoms with Gasteiger partial charge in [-0.2, -0.15) is 8.42 Å². The van der Waals surface area contributed by atoms with Crippen LogP contribution >= 0.6 is 0 Å². The zero-order valence-corrected chi connectivity index (χ0v) is 14.9. The fourth-order valence-electron chi connectivity index (χ4n) is 3.01. The second-order valence-electron chi connectivity index (χ2n) is 6.00. The Morgan fingerprint density at radius 1 is 1.25 bits per heavy atom. The van der Waals surface area contributed by atoms with Gasteiger partial charge in [-0.25, -0.2) is 4.98 Å². The summed E-state index contributed by atoms with van der Waals surface area (Å²) >= 11 is 0. The molecule has 0 unspecified atom stereocenters. The topological polar surface area (TPSA) is 75.5 Å². The Bertz CT molecular complexity index is 884. The second-order valence-corrected chi connectivity index (χ2v) is 7.81. The van der Waals surface area contributed by atoms with E-state index in [2.05, 4.69) is 4.98 Å². The summed E-state index contributed by atoms with van der Waals surface area (Å²) < 4.78 is 29.2. The molecule has 2 heterocycles. The monoisotopic (exact) mass is 348 g/mol. The van der Waals surface area contributed by atoms with E-state index in [1.807, 2.05) is 6.92 Å². The lowest BCUT2D eigenvalue weighted by atomic mass is 10.1. The molecule has 8 heteroatoms. The number of rotatable bonds is 2. The first kappa shape index (κ1) is 16.5. The number of hydrogen-bond acceptors (Lipinski definition) is 4. The van der Waals surface area contributed by atoms with Gasteiger partial charge in [0.05, 0.1) is 24.0 Å². The number of benzene rings is 1. The molecule has 24 heavy (non-hydrogen) atoms. The molecule has 1 aliphatic rings. The lowest BCUT2D eigenvalue weighted by Crippen LogP contribution is -2.51. The van der Waals surface area contributed by atoms with Gasteiger partial charge < -0.3 is 9.47 Å². The third kappa shape index (κ3) is 2.47. The number of aryl methyl sites for hydroxylation is 2. The van der Waals surface area contributed by atoms with E-state index in [9.17, 15) is 13.2 Å². The van der Waals surface area contributed by atoms with Gasteiger partial charge >= 0.3 is 0 Å². The molecule has 128 valence electrons. The normalized spacial score (nSPS) is 17.8. The molecular weight excluding hydrogens is 328 g/mol. The van der Waals surface area contributed by atoms with Crippen molar-refractivity contribution in [2.45, 2.75) is 31.8 Å². The minimum Gasteiger partial charge on any atom is -0.337 e. The number of carbonyl (C=O) groups excluding carboxylic acids is 1. The Kier molecular flexibility index (Phi) is 3.87. The molecule has 2 aromatic rings. The Morgan fingerprint density at radius 3 is 2.42 bits per heavy atom. The number of aromatic nitrogens is 2. The Morgan fingerprint density at radius 2 is 1.88 bits per heavy atom. The second kappa shape index (κ2) is 5.62. The van der Waals surface area contributed by atoms with Crippen LogP contribution in [0.2, 0.25) is 0 Å². The van der Waals surface area contributed by atoms with E-state index in [0.29, 0.717) is 17.2 Å². The number of carbonyl (C=O) groups is 1. The van der Waals surface area contributed by atoms with E-state index in [-0.39, 0.29) is 23.5 Å². The molecule has 0 N–H and O–H groups in total. The number of imidazole rings is 1. The summed E-state index contributed by atoms with van der Waals surface area (Å²) in [5.41, 5.74) is 1.09. The maximum absolute atomic E-state index is 13.1. The smallest absolute Gasteiger partial charge is 0.283 e. The van der Waals surface area contributed by atoms with Crippen LogP contribution in [0.1, 0.15) is 19.7 Å². The van der Waals surface area contributed by atoms with Crippen LogP contribution in [0, 0.1) is 6.92 Å². The maximum atomic E-state index is 13.1. The van der Waals surface area contributed by atoms with Gasteiger partial charge in [-0.15, -0.1) is 0 Å². The average molecular weight is 348 g/mol. The fraction of sp³-hybridized carbons (Fsp3) is 0.375. The van der Waals surface area contributed by atoms with Gasteiger partial charge in [-0.3, -0.25) is 9.10 Å². The molecule has 0 aliphatic carbocycles. The van der Waals surface area contributed by atoms with E-state index in [4.69, 9.17) is 0 Å². The van der Waals surface area contributed by atoms with Gasteiger partial charge in [-0.1, -0.05) is 12.1 Å². The SMILES string of the molecule is CC(=O)N1c2ccccc2N(S(=O)(=O)c2cn(C)c(C)n2)C[C@@H]1C. The molecule has 1 amide bonds. The van der Waals surface area contributed by atoms with Crippen molar-refractivity contribution < 1.29 is 13.2 Å². The summed E-state index contributed by atoms with van der Waals surface area (Å²) in [5.74, 6) is 0.512. The predicted molar refractivity (Wildman–Crippen MR) is 91.5 cm³/mol. The Hall–Kier alpha value is -2.35. The standard InChI is InChI=1S/C16H20N4O3S/c1-11-9-19(24(22,23)16-10-18(4)12(2)17-16)14-7-5-6-8-15(14)20(11)13(3)21/h5-8,10-11H,9H2,1-4H3/t11-/m0/s1. The van der Waals surface area contributed by atoms with Gasteiger partial charge in [0.15, 0.2) is 5.03 Å². The van der Waals surface area contributed by atoms with Crippen molar-refractivity contribution >= 4 is 27.3 Å². The first-order valence-corrected chi connectivity index (χ1v) is 9.09. The number of sulfonamides is 1. The number of hydrogen-bond donors (Lipinski definition) is 0. The van der Waals surface area contributed by atoms with Gasteiger partial charge in [0.1, 0.15) is 5.82 Å². The molecule has 1 aromatic heterocycles. The molecule has 1 aliphatic heterocycles. The molecule has 3 rings (SSSR count). The third-order valence-corrected chi connectivity index (χ3v) is 5.91. The lowest BCUT2D eigenvalue weighted by molar-refractivity contribution is -0.117. The van der Waals surface area contributed by atoms with Gasteiger partial charge in [0.2, 0.25) is 5.91 Å². The molecule has 0 spiro atoms. The molecular formula is C16H20N4O3S. The van der Waals surface area contributed by atoms with Crippen LogP contribution in [0.25, 0.3) is 0 Å². The number of fused-ring (bicyclic) bond motifs is 1. The number of anilines is 2. The summed E-state index contributed by atoms with van der Waals surface area (Å²) in [7, 11) is -2.04. The molecule has 0 saturated heterocycles. The molecule has 1 aromatic carbocycles. The molecule has 7 nitrogen and oxygen atoms in total. The summed E-state index contributed by atoms with van der Waals surface area (Å²) in [6.07, 6.45) is 1.51. The van der Waals surface area contributed by atoms with Crippen molar-refractivity contribution in [2.75, 3.05) is 15.7 Å². The maximum Gasteiger partial charge on any atom is 0.283 e. The first-order chi connectivity index (χ1) is 11.2. The van der Waals surface area contributed by atoms with E-state index in [1.54, 1.807) is 47.7 Å². The molecule has 0 saturated carbocycles. The van der Waals surface area contributed by atoms with Crippen LogP contribution in [0.4, 0.5) is 11.4 Å². The molecule has 0 bridgehead atoms. The largest absolute Gasteiger partial charge is 0.337 e. The highest BCUT2D eigenvalue weighted by molar-refractivity contribution is 7.92. The van der Waals surface area contributed by atoms with Crippen molar-refractivity contribution in [1.82, 2.24) is 9.55 Å². The van der Waals surface area contributed by atoms with Crippen molar-refractivity contribution in [3.8, 4) is 0 Å². The summed E-state index contributed by atoms with van der Waals surface area (Å²) in [4.78, 5) is 17.8. The molecule has 1 atom stereocenters. The third-order valence-electron chi connectivity index (χ3n) is 4.26. The van der Waals surface area contributed by atoms with Crippen molar-refractivity contribution in [3.63, 3.8) is 0 Å². The van der Waals surface area contributed by atoms with Gasteiger partial charge in [0, 0.05) is 20.2 Å². The number of nitrogens with zero attached hydrogens (tertiary/aromatic N) is 4.